The Morgan fingerprint density at radius 3 is 2.27 bits per heavy atom. The first kappa shape index (κ1) is 36.3. The molecule has 1 heterocycles. The fourth-order valence-corrected chi connectivity index (χ4v) is 5.90. The lowest BCUT2D eigenvalue weighted by Crippen LogP contribution is -2.42. The van der Waals surface area contributed by atoms with Gasteiger partial charge < -0.3 is 19.1 Å². The fraction of sp³-hybridized carbons (Fsp3) is 0.514. The second-order valence-electron chi connectivity index (χ2n) is 12.9. The average Bonchev–Trinajstić information content (AvgIpc) is 3.00. The van der Waals surface area contributed by atoms with E-state index in [2.05, 4.69) is 58.0 Å². The van der Waals surface area contributed by atoms with Gasteiger partial charge in [0.05, 0.1) is 16.5 Å². The number of likely N-dealkylation sites (tertiary alicyclic amines) is 1. The summed E-state index contributed by atoms with van der Waals surface area (Å²) in [4.78, 5) is 14.3. The second kappa shape index (κ2) is 16.4. The summed E-state index contributed by atoms with van der Waals surface area (Å²) in [6, 6.07) is 14.0. The van der Waals surface area contributed by atoms with Gasteiger partial charge in [0.2, 0.25) is 0 Å². The van der Waals surface area contributed by atoms with Crippen LogP contribution in [0.1, 0.15) is 90.8 Å². The zero-order valence-corrected chi connectivity index (χ0v) is 29.4. The van der Waals surface area contributed by atoms with E-state index in [9.17, 15) is 10.1 Å². The highest BCUT2D eigenvalue weighted by Gasteiger charge is 2.28. The molecule has 0 radical (unpaired) electrons. The number of piperidine rings is 1. The molecule has 0 aromatic heterocycles. The topological polar surface area (TPSA) is 71.8 Å². The Morgan fingerprint density at radius 2 is 1.71 bits per heavy atom. The number of hydrogen-bond donors (Lipinski definition) is 0. The molecule has 0 atom stereocenters. The highest BCUT2D eigenvalue weighted by Crippen LogP contribution is 2.39. The number of benzene rings is 2. The molecule has 3 rings (SSSR count). The van der Waals surface area contributed by atoms with Gasteiger partial charge in [-0.15, -0.1) is 11.6 Å². The van der Waals surface area contributed by atoms with Crippen molar-refractivity contribution in [2.45, 2.75) is 85.2 Å². The summed E-state index contributed by atoms with van der Waals surface area (Å²) in [5.74, 6) is 1.90. The number of nitriles is 1. The van der Waals surface area contributed by atoms with E-state index in [4.69, 9.17) is 37.4 Å². The van der Waals surface area contributed by atoms with Crippen molar-refractivity contribution in [2.75, 3.05) is 32.2 Å². The van der Waals surface area contributed by atoms with Gasteiger partial charge in [0, 0.05) is 18.5 Å². The maximum absolute atomic E-state index is 12.5. The summed E-state index contributed by atoms with van der Waals surface area (Å²) in [6.45, 7) is 16.4. The number of carbonyl (C=O) groups excluding carboxylic acids is 1. The van der Waals surface area contributed by atoms with Crippen LogP contribution in [0.4, 0.5) is 4.79 Å². The van der Waals surface area contributed by atoms with Crippen LogP contribution < -0.4 is 9.47 Å². The van der Waals surface area contributed by atoms with Crippen LogP contribution in [-0.4, -0.2) is 48.8 Å². The van der Waals surface area contributed by atoms with Crippen molar-refractivity contribution >= 4 is 29.3 Å². The maximum atomic E-state index is 12.5. The van der Waals surface area contributed by atoms with Gasteiger partial charge in [0.25, 0.3) is 0 Å². The van der Waals surface area contributed by atoms with E-state index in [1.807, 2.05) is 49.9 Å². The molecule has 45 heavy (non-hydrogen) atoms. The second-order valence-corrected chi connectivity index (χ2v) is 13.7. The smallest absolute Gasteiger partial charge is 0.410 e. The minimum atomic E-state index is -0.485. The molecule has 2 aromatic rings. The molecule has 2 aromatic carbocycles. The summed E-state index contributed by atoms with van der Waals surface area (Å²) >= 11 is 12.3. The van der Waals surface area contributed by atoms with E-state index in [1.54, 1.807) is 0 Å². The molecule has 0 spiro atoms. The summed E-state index contributed by atoms with van der Waals surface area (Å²) in [5, 5.41) is 10.1. The number of hydrogen-bond acceptors (Lipinski definition) is 5. The van der Waals surface area contributed by atoms with E-state index in [0.717, 1.165) is 48.1 Å². The third-order valence-electron chi connectivity index (χ3n) is 8.11. The summed E-state index contributed by atoms with van der Waals surface area (Å²) < 4.78 is 17.4. The summed E-state index contributed by atoms with van der Waals surface area (Å²) in [5.41, 5.74) is 4.03. The number of carbonyl (C=O) groups is 1. The van der Waals surface area contributed by atoms with Crippen molar-refractivity contribution < 1.29 is 19.0 Å². The highest BCUT2D eigenvalue weighted by molar-refractivity contribution is 6.32. The Kier molecular flexibility index (Phi) is 13.3. The third-order valence-corrected chi connectivity index (χ3v) is 8.54. The average molecular weight is 656 g/mol. The Hall–Kier alpha value is -3.14. The lowest BCUT2D eigenvalue weighted by atomic mass is 9.77. The molecule has 244 valence electrons. The fourth-order valence-electron chi connectivity index (χ4n) is 5.55. The van der Waals surface area contributed by atoms with Crippen molar-refractivity contribution in [3.63, 3.8) is 0 Å². The van der Waals surface area contributed by atoms with Crippen LogP contribution in [0.2, 0.25) is 5.02 Å². The van der Waals surface area contributed by atoms with Gasteiger partial charge in [-0.2, -0.15) is 5.26 Å². The SMILES string of the molecule is CC/C=C(/C=C(\CC)C1CCN(C(=O)OC(C)(C)C)CC1)COc1ccc(C(C)(C)c2cc(Cl)c(OCCCl)c(C#N)c2)cc1. The summed E-state index contributed by atoms with van der Waals surface area (Å²) in [7, 11) is 0. The van der Waals surface area contributed by atoms with Crippen LogP contribution in [0.15, 0.2) is 59.7 Å². The molecule has 0 N–H and O–H groups in total. The number of rotatable bonds is 12. The predicted octanol–water partition coefficient (Wildman–Crippen LogP) is 9.85. The molecule has 6 nitrogen and oxygen atoms in total. The molecule has 0 bridgehead atoms. The molecule has 8 heteroatoms. The van der Waals surface area contributed by atoms with Gasteiger partial charge in [-0.1, -0.05) is 69.2 Å². The lowest BCUT2D eigenvalue weighted by Gasteiger charge is -2.34. The Bertz CT molecular complexity index is 1390. The molecule has 0 aliphatic carbocycles. The first-order valence-corrected chi connectivity index (χ1v) is 16.8. The van der Waals surface area contributed by atoms with Gasteiger partial charge in [0.15, 0.2) is 5.75 Å². The van der Waals surface area contributed by atoms with Gasteiger partial charge in [0.1, 0.15) is 30.6 Å². The van der Waals surface area contributed by atoms with Crippen molar-refractivity contribution in [1.29, 1.82) is 5.26 Å². The molecule has 1 amide bonds. The van der Waals surface area contributed by atoms with E-state index in [1.165, 1.54) is 5.57 Å². The number of nitrogens with zero attached hydrogens (tertiary/aromatic N) is 2. The number of ether oxygens (including phenoxy) is 3. The lowest BCUT2D eigenvalue weighted by molar-refractivity contribution is 0.0193. The highest BCUT2D eigenvalue weighted by atomic mass is 35.5. The number of allylic oxidation sites excluding steroid dienone is 2. The van der Waals surface area contributed by atoms with Gasteiger partial charge >= 0.3 is 6.09 Å². The normalized spacial score (nSPS) is 15.1. The van der Waals surface area contributed by atoms with Crippen LogP contribution in [0.3, 0.4) is 0 Å². The van der Waals surface area contributed by atoms with Crippen LogP contribution in [-0.2, 0) is 10.2 Å². The standard InChI is InChI=1S/C37H48Cl2N2O4/c1-8-10-26(21-27(9-2)28-15-18-41(19-16-28)35(42)45-36(3,4)5)25-44-32-13-11-30(12-14-32)37(6,7)31-22-29(24-40)34(33(39)23-31)43-20-17-38/h10-14,21-23,28H,8-9,15-20,25H2,1-7H3/b26-10-,27-21+. The van der Waals surface area contributed by atoms with E-state index >= 15 is 0 Å². The zero-order valence-electron chi connectivity index (χ0n) is 27.8. The maximum Gasteiger partial charge on any atom is 0.410 e. The molecule has 1 fully saturated rings. The molecule has 0 saturated carbocycles. The zero-order chi connectivity index (χ0) is 33.2. The van der Waals surface area contributed by atoms with Gasteiger partial charge in [-0.05, 0) is 93.3 Å². The van der Waals surface area contributed by atoms with Crippen LogP contribution in [0, 0.1) is 17.2 Å². The number of alkyl halides is 1. The Labute approximate surface area is 279 Å². The number of halogens is 2. The molecule has 1 saturated heterocycles. The van der Waals surface area contributed by atoms with Gasteiger partial charge in [-0.3, -0.25) is 0 Å². The third kappa shape index (κ3) is 10.2. The molecule has 0 unspecified atom stereocenters. The first-order valence-electron chi connectivity index (χ1n) is 15.9. The molecule has 1 aliphatic heterocycles. The van der Waals surface area contributed by atoms with Crippen LogP contribution in [0.5, 0.6) is 11.5 Å². The van der Waals surface area contributed by atoms with Crippen molar-refractivity contribution in [2.24, 2.45) is 5.92 Å². The van der Waals surface area contributed by atoms with E-state index in [0.29, 0.717) is 47.8 Å². The van der Waals surface area contributed by atoms with Gasteiger partial charge in [-0.25, -0.2) is 4.79 Å². The quantitative estimate of drug-likeness (QED) is 0.168. The van der Waals surface area contributed by atoms with Crippen molar-refractivity contribution in [1.82, 2.24) is 4.90 Å². The molecular formula is C37H48Cl2N2O4. The number of amides is 1. The van der Waals surface area contributed by atoms with E-state index in [-0.39, 0.29) is 12.7 Å². The largest absolute Gasteiger partial charge is 0.489 e. The van der Waals surface area contributed by atoms with Crippen LogP contribution >= 0.6 is 23.2 Å². The predicted molar refractivity (Wildman–Crippen MR) is 184 cm³/mol. The minimum Gasteiger partial charge on any atom is -0.489 e. The minimum absolute atomic E-state index is 0.223. The van der Waals surface area contributed by atoms with Crippen molar-refractivity contribution in [3.05, 3.63) is 81.4 Å². The molecular weight excluding hydrogens is 607 g/mol. The Balaban J connectivity index is 1.68. The molecule has 1 aliphatic rings. The first-order chi connectivity index (χ1) is 21.3. The van der Waals surface area contributed by atoms with Crippen LogP contribution in [0.25, 0.3) is 0 Å². The van der Waals surface area contributed by atoms with Crippen molar-refractivity contribution in [3.8, 4) is 17.6 Å². The van der Waals surface area contributed by atoms with E-state index < -0.39 is 11.0 Å². The Morgan fingerprint density at radius 1 is 1.04 bits per heavy atom. The summed E-state index contributed by atoms with van der Waals surface area (Å²) in [6.07, 6.45) is 8.03. The monoisotopic (exact) mass is 654 g/mol.